The van der Waals surface area contributed by atoms with Crippen LogP contribution < -0.4 is 0 Å². The van der Waals surface area contributed by atoms with Crippen molar-refractivity contribution in [3.8, 4) is 0 Å². The summed E-state index contributed by atoms with van der Waals surface area (Å²) in [7, 11) is -3.58. The molecule has 2 aromatic heterocycles. The lowest BCUT2D eigenvalue weighted by molar-refractivity contribution is -0.158. The second-order valence-electron chi connectivity index (χ2n) is 5.61. The Morgan fingerprint density at radius 2 is 2.00 bits per heavy atom. The molecule has 130 valence electrons. The van der Waals surface area contributed by atoms with Crippen molar-refractivity contribution in [2.24, 2.45) is 0 Å². The number of sulfone groups is 1. The highest BCUT2D eigenvalue weighted by Gasteiger charge is 2.25. The maximum Gasteiger partial charge on any atom is 0.233 e. The molecule has 1 N–H and O–H groups in total. The first-order valence-corrected chi connectivity index (χ1v) is 10.2. The van der Waals surface area contributed by atoms with Gasteiger partial charge >= 0.3 is 0 Å². The maximum atomic E-state index is 12.6. The van der Waals surface area contributed by atoms with Gasteiger partial charge in [-0.1, -0.05) is 30.3 Å². The molecule has 0 aliphatic rings. The van der Waals surface area contributed by atoms with Crippen molar-refractivity contribution in [3.05, 3.63) is 65.2 Å². The Morgan fingerprint density at radius 1 is 1.24 bits per heavy atom. The summed E-state index contributed by atoms with van der Waals surface area (Å²) >= 11 is 1.49. The molecular weight excluding hydrogens is 360 g/mol. The van der Waals surface area contributed by atoms with E-state index in [0.717, 1.165) is 10.2 Å². The highest BCUT2D eigenvalue weighted by molar-refractivity contribution is 7.90. The first kappa shape index (κ1) is 17.5. The van der Waals surface area contributed by atoms with Gasteiger partial charge in [0.2, 0.25) is 6.41 Å². The van der Waals surface area contributed by atoms with Crippen molar-refractivity contribution in [3.63, 3.8) is 0 Å². The molecule has 1 atom stereocenters. The molecule has 0 saturated heterocycles. The zero-order chi connectivity index (χ0) is 17.9. The third-order valence-corrected chi connectivity index (χ3v) is 6.22. The number of thiophene rings is 1. The lowest BCUT2D eigenvalue weighted by Gasteiger charge is -2.22. The Bertz CT molecular complexity index is 970. The molecule has 8 heteroatoms. The van der Waals surface area contributed by atoms with Crippen LogP contribution in [0.2, 0.25) is 0 Å². The molecule has 3 aromatic rings. The topological polar surface area (TPSA) is 87.6 Å². The SMILES string of the molecule is O=CN(O)[C@H](CS(=O)(=O)Cc1cnc2ccsc2c1)c1ccccc1. The van der Waals surface area contributed by atoms with E-state index in [0.29, 0.717) is 16.2 Å². The molecule has 6 nitrogen and oxygen atoms in total. The smallest absolute Gasteiger partial charge is 0.233 e. The average Bonchev–Trinajstić information content (AvgIpc) is 3.07. The number of carbonyl (C=O) groups excluding carboxylic acids is 1. The monoisotopic (exact) mass is 376 g/mol. The van der Waals surface area contributed by atoms with Gasteiger partial charge in [-0.15, -0.1) is 11.3 Å². The predicted octanol–water partition coefficient (Wildman–Crippen LogP) is 2.80. The van der Waals surface area contributed by atoms with Crippen LogP contribution >= 0.6 is 11.3 Å². The lowest BCUT2D eigenvalue weighted by Crippen LogP contribution is -2.30. The summed E-state index contributed by atoms with van der Waals surface area (Å²) in [6, 6.07) is 11.3. The van der Waals surface area contributed by atoms with E-state index in [4.69, 9.17) is 0 Å². The zero-order valence-corrected chi connectivity index (χ0v) is 14.8. The Kier molecular flexibility index (Phi) is 5.12. The Balaban J connectivity index is 1.83. The van der Waals surface area contributed by atoms with Crippen LogP contribution in [0, 0.1) is 0 Å². The van der Waals surface area contributed by atoms with Crippen LogP contribution in [0.4, 0.5) is 0 Å². The normalized spacial score (nSPS) is 12.8. The number of aromatic nitrogens is 1. The Hall–Kier alpha value is -2.29. The number of hydrogen-bond donors (Lipinski definition) is 1. The van der Waals surface area contributed by atoms with Crippen LogP contribution in [-0.2, 0) is 20.4 Å². The summed E-state index contributed by atoms with van der Waals surface area (Å²) in [5, 5.41) is 12.1. The van der Waals surface area contributed by atoms with Crippen molar-refractivity contribution in [1.82, 2.24) is 10.0 Å². The molecule has 0 bridgehead atoms. The minimum Gasteiger partial charge on any atom is -0.285 e. The quantitative estimate of drug-likeness (QED) is 0.389. The summed E-state index contributed by atoms with van der Waals surface area (Å²) < 4.78 is 26.1. The molecular formula is C17H16N2O4S2. The highest BCUT2D eigenvalue weighted by Crippen LogP contribution is 2.24. The summed E-state index contributed by atoms with van der Waals surface area (Å²) in [5.41, 5.74) is 1.96. The molecule has 0 unspecified atom stereocenters. The highest BCUT2D eigenvalue weighted by atomic mass is 32.2. The fourth-order valence-electron chi connectivity index (χ4n) is 2.59. The maximum absolute atomic E-state index is 12.6. The molecule has 1 aromatic carbocycles. The number of fused-ring (bicyclic) bond motifs is 1. The lowest BCUT2D eigenvalue weighted by atomic mass is 10.1. The van der Waals surface area contributed by atoms with Gasteiger partial charge in [-0.05, 0) is 28.6 Å². The molecule has 0 radical (unpaired) electrons. The zero-order valence-electron chi connectivity index (χ0n) is 13.1. The van der Waals surface area contributed by atoms with Crippen LogP contribution in [0.25, 0.3) is 10.2 Å². The molecule has 0 aliphatic carbocycles. The molecule has 3 rings (SSSR count). The van der Waals surface area contributed by atoms with Gasteiger partial charge in [0.1, 0.15) is 0 Å². The first-order chi connectivity index (χ1) is 12.0. The van der Waals surface area contributed by atoms with Crippen molar-refractivity contribution >= 4 is 37.8 Å². The van der Waals surface area contributed by atoms with E-state index >= 15 is 0 Å². The number of hydrogen-bond acceptors (Lipinski definition) is 6. The summed E-state index contributed by atoms with van der Waals surface area (Å²) in [4.78, 5) is 15.2. The van der Waals surface area contributed by atoms with Gasteiger partial charge < -0.3 is 0 Å². The van der Waals surface area contributed by atoms with E-state index < -0.39 is 15.9 Å². The molecule has 0 aliphatic heterocycles. The number of rotatable bonds is 7. The Morgan fingerprint density at radius 3 is 2.72 bits per heavy atom. The van der Waals surface area contributed by atoms with Gasteiger partial charge in [0.25, 0.3) is 0 Å². The van der Waals surface area contributed by atoms with Gasteiger partial charge in [0, 0.05) is 6.20 Å². The van der Waals surface area contributed by atoms with Gasteiger partial charge in [-0.3, -0.25) is 15.0 Å². The first-order valence-electron chi connectivity index (χ1n) is 7.48. The van der Waals surface area contributed by atoms with Crippen molar-refractivity contribution in [2.75, 3.05) is 5.75 Å². The predicted molar refractivity (Wildman–Crippen MR) is 96.0 cm³/mol. The van der Waals surface area contributed by atoms with Gasteiger partial charge in [-0.25, -0.2) is 13.5 Å². The van der Waals surface area contributed by atoms with Crippen LogP contribution in [0.1, 0.15) is 17.2 Å². The fourth-order valence-corrected chi connectivity index (χ4v) is 5.01. The van der Waals surface area contributed by atoms with E-state index in [2.05, 4.69) is 4.98 Å². The number of amides is 1. The minimum absolute atomic E-state index is 0.204. The second-order valence-corrected chi connectivity index (χ2v) is 8.67. The Labute approximate surface area is 149 Å². The molecule has 2 heterocycles. The number of carbonyl (C=O) groups is 1. The van der Waals surface area contributed by atoms with Crippen molar-refractivity contribution < 1.29 is 18.4 Å². The van der Waals surface area contributed by atoms with Crippen LogP contribution in [-0.4, -0.2) is 35.8 Å². The number of benzene rings is 1. The van der Waals surface area contributed by atoms with Crippen molar-refractivity contribution in [2.45, 2.75) is 11.8 Å². The third-order valence-electron chi connectivity index (χ3n) is 3.77. The number of hydroxylamine groups is 2. The minimum atomic E-state index is -3.58. The summed E-state index contributed by atoms with van der Waals surface area (Å²) in [5.74, 6) is -0.585. The molecule has 0 spiro atoms. The summed E-state index contributed by atoms with van der Waals surface area (Å²) in [6.07, 6.45) is 1.76. The third kappa shape index (κ3) is 4.22. The van der Waals surface area contributed by atoms with E-state index in [-0.39, 0.29) is 17.9 Å². The van der Waals surface area contributed by atoms with E-state index in [1.807, 2.05) is 11.4 Å². The number of pyridine rings is 1. The largest absolute Gasteiger partial charge is 0.285 e. The van der Waals surface area contributed by atoms with Crippen LogP contribution in [0.3, 0.4) is 0 Å². The van der Waals surface area contributed by atoms with Gasteiger partial charge in [0.15, 0.2) is 9.84 Å². The van der Waals surface area contributed by atoms with Crippen LogP contribution in [0.15, 0.2) is 54.0 Å². The van der Waals surface area contributed by atoms with Crippen LogP contribution in [0.5, 0.6) is 0 Å². The fraction of sp³-hybridized carbons (Fsp3) is 0.176. The van der Waals surface area contributed by atoms with Crippen molar-refractivity contribution in [1.29, 1.82) is 0 Å². The standard InChI is InChI=1S/C17H16N2O4S2/c20-12-19(21)16(14-4-2-1-3-5-14)11-25(22,23)10-13-8-17-15(18-9-13)6-7-24-17/h1-9,12,16,21H,10-11H2/t16-/m1/s1. The van der Waals surface area contributed by atoms with E-state index in [9.17, 15) is 18.4 Å². The van der Waals surface area contributed by atoms with Gasteiger partial charge in [-0.2, -0.15) is 0 Å². The van der Waals surface area contributed by atoms with E-state index in [1.165, 1.54) is 11.3 Å². The molecule has 25 heavy (non-hydrogen) atoms. The molecule has 0 fully saturated rings. The average molecular weight is 376 g/mol. The molecule has 0 saturated carbocycles. The summed E-state index contributed by atoms with van der Waals surface area (Å²) in [6.45, 7) is 0. The van der Waals surface area contributed by atoms with Gasteiger partial charge in [0.05, 0.1) is 27.8 Å². The number of nitrogens with zero attached hydrogens (tertiary/aromatic N) is 2. The van der Waals surface area contributed by atoms with E-state index in [1.54, 1.807) is 42.6 Å². The molecule has 1 amide bonds. The second kappa shape index (κ2) is 7.30.